The number of aliphatic hydroxyl groups excluding tert-OH is 2. The minimum atomic E-state index is -3.85. The summed E-state index contributed by atoms with van der Waals surface area (Å²) in [6, 6.07) is 14.9. The van der Waals surface area contributed by atoms with Crippen molar-refractivity contribution in [3.05, 3.63) is 65.9 Å². The van der Waals surface area contributed by atoms with Crippen molar-refractivity contribution < 1.29 is 18.6 Å². The fourth-order valence-electron chi connectivity index (χ4n) is 2.64. The van der Waals surface area contributed by atoms with Gasteiger partial charge >= 0.3 is 0 Å². The Hall–Kier alpha value is -2.15. The largest absolute Gasteiger partial charge is 0.392 e. The van der Waals surface area contributed by atoms with Crippen LogP contribution in [0.25, 0.3) is 10.9 Å². The van der Waals surface area contributed by atoms with Crippen molar-refractivity contribution in [2.24, 2.45) is 0 Å². The second kappa shape index (κ2) is 5.57. The van der Waals surface area contributed by atoms with Gasteiger partial charge in [-0.05, 0) is 18.2 Å². The molecule has 5 nitrogen and oxygen atoms in total. The lowest BCUT2D eigenvalue weighted by molar-refractivity contribution is 0.257. The molecule has 3 aromatic rings. The standard InChI is InChI=1S/C16H15NO4S/c18-10-14-13-8-4-5-9-15(13)17(16(14)11-19)22(20,21)12-6-2-1-3-7-12/h1-9,18-19H,10-11H2. The number of benzene rings is 2. The number of fused-ring (bicyclic) bond motifs is 1. The second-order valence-corrected chi connectivity index (χ2v) is 6.63. The highest BCUT2D eigenvalue weighted by Crippen LogP contribution is 2.30. The topological polar surface area (TPSA) is 79.5 Å². The monoisotopic (exact) mass is 317 g/mol. The molecule has 1 heterocycles. The summed E-state index contributed by atoms with van der Waals surface area (Å²) in [5.41, 5.74) is 1.06. The number of hydrogen-bond acceptors (Lipinski definition) is 4. The predicted molar refractivity (Wildman–Crippen MR) is 82.8 cm³/mol. The SMILES string of the molecule is O=S(=O)(c1ccccc1)n1c(CO)c(CO)c2ccccc21. The maximum atomic E-state index is 12.9. The van der Waals surface area contributed by atoms with Crippen LogP contribution in [0.15, 0.2) is 59.5 Å². The Morgan fingerprint density at radius 2 is 1.50 bits per heavy atom. The van der Waals surface area contributed by atoms with Crippen LogP contribution in [0, 0.1) is 0 Å². The van der Waals surface area contributed by atoms with Gasteiger partial charge in [-0.1, -0.05) is 36.4 Å². The van der Waals surface area contributed by atoms with Crippen LogP contribution in [-0.4, -0.2) is 22.6 Å². The average molecular weight is 317 g/mol. The molecule has 3 rings (SSSR count). The van der Waals surface area contributed by atoms with Gasteiger partial charge in [0, 0.05) is 10.9 Å². The Kier molecular flexibility index (Phi) is 3.74. The molecule has 114 valence electrons. The molecule has 0 aliphatic carbocycles. The van der Waals surface area contributed by atoms with Gasteiger partial charge in [-0.2, -0.15) is 0 Å². The molecule has 0 amide bonds. The first kappa shape index (κ1) is 14.8. The van der Waals surface area contributed by atoms with Crippen LogP contribution in [-0.2, 0) is 23.2 Å². The second-order valence-electron chi connectivity index (χ2n) is 4.84. The summed E-state index contributed by atoms with van der Waals surface area (Å²) in [5.74, 6) is 0. The van der Waals surface area contributed by atoms with Crippen LogP contribution in [0.5, 0.6) is 0 Å². The zero-order chi connectivity index (χ0) is 15.7. The molecule has 0 radical (unpaired) electrons. The lowest BCUT2D eigenvalue weighted by atomic mass is 10.1. The minimum Gasteiger partial charge on any atom is -0.392 e. The number of hydrogen-bond donors (Lipinski definition) is 2. The summed E-state index contributed by atoms with van der Waals surface area (Å²) in [4.78, 5) is 0.134. The van der Waals surface area contributed by atoms with Gasteiger partial charge in [-0.25, -0.2) is 12.4 Å². The van der Waals surface area contributed by atoms with E-state index in [0.717, 1.165) is 3.97 Å². The van der Waals surface area contributed by atoms with Gasteiger partial charge in [0.25, 0.3) is 10.0 Å². The molecule has 1 aromatic heterocycles. The first-order valence-corrected chi connectivity index (χ1v) is 8.18. The van der Waals surface area contributed by atoms with Crippen molar-refractivity contribution in [2.75, 3.05) is 0 Å². The maximum Gasteiger partial charge on any atom is 0.268 e. The summed E-state index contributed by atoms with van der Waals surface area (Å²) in [5, 5.41) is 19.8. The molecule has 0 saturated heterocycles. The molecule has 0 fully saturated rings. The van der Waals surface area contributed by atoms with Crippen LogP contribution >= 0.6 is 0 Å². The van der Waals surface area contributed by atoms with E-state index in [4.69, 9.17) is 0 Å². The van der Waals surface area contributed by atoms with E-state index in [9.17, 15) is 18.6 Å². The molecule has 0 atom stereocenters. The van der Waals surface area contributed by atoms with E-state index in [0.29, 0.717) is 16.5 Å². The Labute approximate surface area is 128 Å². The van der Waals surface area contributed by atoms with Gasteiger partial charge in [0.1, 0.15) is 0 Å². The number of aromatic nitrogens is 1. The number of nitrogens with zero attached hydrogens (tertiary/aromatic N) is 1. The van der Waals surface area contributed by atoms with E-state index in [2.05, 4.69) is 0 Å². The summed E-state index contributed by atoms with van der Waals surface area (Å²) in [6.07, 6.45) is 0. The highest BCUT2D eigenvalue weighted by atomic mass is 32.2. The maximum absolute atomic E-state index is 12.9. The van der Waals surface area contributed by atoms with Gasteiger partial charge in [0.2, 0.25) is 0 Å². The van der Waals surface area contributed by atoms with E-state index < -0.39 is 16.6 Å². The normalized spacial score (nSPS) is 11.9. The Morgan fingerprint density at radius 3 is 2.14 bits per heavy atom. The third-order valence-electron chi connectivity index (χ3n) is 3.63. The Balaban J connectivity index is 2.41. The molecule has 0 aliphatic heterocycles. The molecule has 2 N–H and O–H groups in total. The molecule has 22 heavy (non-hydrogen) atoms. The number of para-hydroxylation sites is 1. The van der Waals surface area contributed by atoms with Crippen LogP contribution in [0.3, 0.4) is 0 Å². The van der Waals surface area contributed by atoms with Gasteiger partial charge in [0.15, 0.2) is 0 Å². The smallest absolute Gasteiger partial charge is 0.268 e. The third kappa shape index (κ3) is 2.12. The molecule has 0 bridgehead atoms. The molecule has 0 spiro atoms. The van der Waals surface area contributed by atoms with Crippen molar-refractivity contribution in [1.82, 2.24) is 3.97 Å². The molecular weight excluding hydrogens is 302 g/mol. The van der Waals surface area contributed by atoms with E-state index >= 15 is 0 Å². The zero-order valence-corrected chi connectivity index (χ0v) is 12.5. The highest BCUT2D eigenvalue weighted by Gasteiger charge is 2.25. The van der Waals surface area contributed by atoms with E-state index in [1.165, 1.54) is 12.1 Å². The molecule has 0 saturated carbocycles. The van der Waals surface area contributed by atoms with Gasteiger partial charge < -0.3 is 10.2 Å². The summed E-state index contributed by atoms with van der Waals surface area (Å²) < 4.78 is 27.0. The van der Waals surface area contributed by atoms with Crippen molar-refractivity contribution in [3.63, 3.8) is 0 Å². The van der Waals surface area contributed by atoms with Crippen molar-refractivity contribution >= 4 is 20.9 Å². The fraction of sp³-hybridized carbons (Fsp3) is 0.125. The van der Waals surface area contributed by atoms with Gasteiger partial charge in [0.05, 0.1) is 29.3 Å². The highest BCUT2D eigenvalue weighted by molar-refractivity contribution is 7.90. The molecule has 6 heteroatoms. The lowest BCUT2D eigenvalue weighted by Gasteiger charge is -2.11. The minimum absolute atomic E-state index is 0.134. The van der Waals surface area contributed by atoms with Gasteiger partial charge in [-0.3, -0.25) is 0 Å². The van der Waals surface area contributed by atoms with Crippen molar-refractivity contribution in [1.29, 1.82) is 0 Å². The fourth-order valence-corrected chi connectivity index (χ4v) is 4.23. The van der Waals surface area contributed by atoms with Crippen LogP contribution in [0.2, 0.25) is 0 Å². The molecule has 0 aliphatic rings. The zero-order valence-electron chi connectivity index (χ0n) is 11.7. The first-order chi connectivity index (χ1) is 10.6. The summed E-state index contributed by atoms with van der Waals surface area (Å²) in [6.45, 7) is -0.815. The van der Waals surface area contributed by atoms with Gasteiger partial charge in [-0.15, -0.1) is 0 Å². The van der Waals surface area contributed by atoms with Crippen molar-refractivity contribution in [2.45, 2.75) is 18.1 Å². The number of aliphatic hydroxyl groups is 2. The first-order valence-electron chi connectivity index (χ1n) is 6.74. The summed E-state index contributed by atoms with van der Waals surface area (Å²) >= 11 is 0. The number of rotatable bonds is 4. The van der Waals surface area contributed by atoms with E-state index in [1.54, 1.807) is 42.5 Å². The predicted octanol–water partition coefficient (Wildman–Crippen LogP) is 1.86. The Bertz CT molecular complexity index is 914. The third-order valence-corrected chi connectivity index (χ3v) is 5.40. The van der Waals surface area contributed by atoms with Crippen molar-refractivity contribution in [3.8, 4) is 0 Å². The van der Waals surface area contributed by atoms with Crippen LogP contribution in [0.4, 0.5) is 0 Å². The molecule has 2 aromatic carbocycles. The molecule has 0 unspecified atom stereocenters. The van der Waals surface area contributed by atoms with E-state index in [-0.39, 0.29) is 17.2 Å². The Morgan fingerprint density at radius 1 is 0.864 bits per heavy atom. The van der Waals surface area contributed by atoms with Crippen LogP contribution < -0.4 is 0 Å². The van der Waals surface area contributed by atoms with Crippen LogP contribution in [0.1, 0.15) is 11.3 Å². The lowest BCUT2D eigenvalue weighted by Crippen LogP contribution is -2.16. The van der Waals surface area contributed by atoms with E-state index in [1.807, 2.05) is 0 Å². The summed E-state index contributed by atoms with van der Waals surface area (Å²) in [7, 11) is -3.85. The average Bonchev–Trinajstić information content (AvgIpc) is 2.89. The molecular formula is C16H15NO4S. The quantitative estimate of drug-likeness (QED) is 0.770.